The first-order valence-corrected chi connectivity index (χ1v) is 10.2. The van der Waals surface area contributed by atoms with Gasteiger partial charge in [-0.15, -0.1) is 0 Å². The molecular weight excluding hydrogens is 350 g/mol. The molecular formula is C23H29N3O2. The summed E-state index contributed by atoms with van der Waals surface area (Å²) in [5, 5.41) is 9.40. The van der Waals surface area contributed by atoms with Crippen molar-refractivity contribution in [2.45, 2.75) is 64.3 Å². The number of benzene rings is 2. The zero-order valence-electron chi connectivity index (χ0n) is 16.5. The van der Waals surface area contributed by atoms with Crippen molar-refractivity contribution in [3.05, 3.63) is 48.0 Å². The van der Waals surface area contributed by atoms with Gasteiger partial charge >= 0.3 is 0 Å². The minimum absolute atomic E-state index is 0.0172. The van der Waals surface area contributed by atoms with Crippen LogP contribution < -0.4 is 10.7 Å². The van der Waals surface area contributed by atoms with Gasteiger partial charge in [-0.25, -0.2) is 5.43 Å². The lowest BCUT2D eigenvalue weighted by molar-refractivity contribution is -0.121. The number of nitrogens with one attached hydrogen (secondary N) is 2. The molecule has 5 heteroatoms. The second-order valence-corrected chi connectivity index (χ2v) is 7.63. The average Bonchev–Trinajstić information content (AvgIpc) is 2.95. The predicted octanol–water partition coefficient (Wildman–Crippen LogP) is 4.10. The maximum atomic E-state index is 12.3. The second-order valence-electron chi connectivity index (χ2n) is 7.63. The summed E-state index contributed by atoms with van der Waals surface area (Å²) in [4.78, 5) is 24.5. The summed E-state index contributed by atoms with van der Waals surface area (Å²) in [6, 6.07) is 14.2. The number of nitrogens with zero attached hydrogens (tertiary/aromatic N) is 1. The zero-order valence-corrected chi connectivity index (χ0v) is 16.5. The Morgan fingerprint density at radius 2 is 1.68 bits per heavy atom. The average molecular weight is 380 g/mol. The number of hydrazone groups is 1. The first-order chi connectivity index (χ1) is 13.6. The van der Waals surface area contributed by atoms with Crippen molar-refractivity contribution in [1.29, 1.82) is 0 Å². The number of carbonyl (C=O) groups excluding carboxylic acids is 2. The SMILES string of the molecule is C/C(CC(=O)NC1CCCCCC1)=N\NC(=O)Cc1cccc2ccccc12. The molecule has 3 rings (SSSR count). The highest BCUT2D eigenvalue weighted by Crippen LogP contribution is 2.19. The van der Waals surface area contributed by atoms with Crippen LogP contribution in [0.3, 0.4) is 0 Å². The maximum Gasteiger partial charge on any atom is 0.244 e. The van der Waals surface area contributed by atoms with E-state index in [1.807, 2.05) is 42.5 Å². The van der Waals surface area contributed by atoms with Crippen LogP contribution in [-0.2, 0) is 16.0 Å². The summed E-state index contributed by atoms with van der Waals surface area (Å²) in [5.74, 6) is -0.198. The fraction of sp³-hybridized carbons (Fsp3) is 0.435. The monoisotopic (exact) mass is 379 g/mol. The number of fused-ring (bicyclic) bond motifs is 1. The van der Waals surface area contributed by atoms with Gasteiger partial charge in [0.15, 0.2) is 0 Å². The molecule has 0 aliphatic heterocycles. The van der Waals surface area contributed by atoms with Crippen LogP contribution in [0.5, 0.6) is 0 Å². The van der Waals surface area contributed by atoms with Crippen LogP contribution in [0.15, 0.2) is 47.6 Å². The van der Waals surface area contributed by atoms with Crippen molar-refractivity contribution in [2.75, 3.05) is 0 Å². The van der Waals surface area contributed by atoms with Crippen LogP contribution >= 0.6 is 0 Å². The predicted molar refractivity (Wildman–Crippen MR) is 113 cm³/mol. The molecule has 1 saturated carbocycles. The van der Waals surface area contributed by atoms with Gasteiger partial charge in [0.05, 0.1) is 12.8 Å². The lowest BCUT2D eigenvalue weighted by Gasteiger charge is -2.16. The van der Waals surface area contributed by atoms with E-state index < -0.39 is 0 Å². The summed E-state index contributed by atoms with van der Waals surface area (Å²) in [5.41, 5.74) is 4.16. The van der Waals surface area contributed by atoms with Crippen LogP contribution in [0.1, 0.15) is 57.4 Å². The fourth-order valence-electron chi connectivity index (χ4n) is 3.79. The molecule has 1 fully saturated rings. The van der Waals surface area contributed by atoms with Crippen LogP contribution in [0.4, 0.5) is 0 Å². The normalized spacial score (nSPS) is 15.8. The molecule has 148 valence electrons. The molecule has 1 aliphatic rings. The van der Waals surface area contributed by atoms with E-state index in [0.29, 0.717) is 5.71 Å². The summed E-state index contributed by atoms with van der Waals surface area (Å²) in [6.45, 7) is 1.77. The van der Waals surface area contributed by atoms with Gasteiger partial charge in [-0.3, -0.25) is 9.59 Å². The Bertz CT molecular complexity index is 847. The quantitative estimate of drug-likeness (QED) is 0.451. The third kappa shape index (κ3) is 5.91. The standard InChI is InChI=1S/C23H29N3O2/c1-17(15-22(27)24-20-12-4-2-3-5-13-20)25-26-23(28)16-19-11-8-10-18-9-6-7-14-21(18)19/h6-11,14,20H,2-5,12-13,15-16H2,1H3,(H,24,27)(H,26,28)/b25-17+. The van der Waals surface area contributed by atoms with Crippen molar-refractivity contribution >= 4 is 28.3 Å². The third-order valence-corrected chi connectivity index (χ3v) is 5.24. The summed E-state index contributed by atoms with van der Waals surface area (Å²) in [7, 11) is 0. The van der Waals surface area contributed by atoms with E-state index in [1.54, 1.807) is 6.92 Å². The molecule has 0 heterocycles. The van der Waals surface area contributed by atoms with Gasteiger partial charge in [0.2, 0.25) is 11.8 Å². The van der Waals surface area contributed by atoms with Crippen LogP contribution in [0, 0.1) is 0 Å². The van der Waals surface area contributed by atoms with E-state index in [4.69, 9.17) is 0 Å². The van der Waals surface area contributed by atoms with Gasteiger partial charge in [-0.1, -0.05) is 68.1 Å². The summed E-state index contributed by atoms with van der Waals surface area (Å²) in [6.07, 6.45) is 7.47. The van der Waals surface area contributed by atoms with E-state index in [1.165, 1.54) is 25.7 Å². The van der Waals surface area contributed by atoms with Gasteiger partial charge < -0.3 is 5.32 Å². The number of rotatable bonds is 6. The molecule has 2 amide bonds. The van der Waals surface area contributed by atoms with Crippen LogP contribution in [-0.4, -0.2) is 23.6 Å². The van der Waals surface area contributed by atoms with E-state index >= 15 is 0 Å². The Labute approximate surface area is 166 Å². The van der Waals surface area contributed by atoms with Crippen LogP contribution in [0.25, 0.3) is 10.8 Å². The number of hydrogen-bond acceptors (Lipinski definition) is 3. The Kier molecular flexibility index (Phi) is 7.18. The highest BCUT2D eigenvalue weighted by atomic mass is 16.2. The van der Waals surface area contributed by atoms with Gasteiger partial charge in [0.1, 0.15) is 0 Å². The van der Waals surface area contributed by atoms with Crippen LogP contribution in [0.2, 0.25) is 0 Å². The Morgan fingerprint density at radius 1 is 0.964 bits per heavy atom. The Balaban J connectivity index is 1.49. The number of hydrogen-bond donors (Lipinski definition) is 2. The number of amides is 2. The highest BCUT2D eigenvalue weighted by molar-refractivity contribution is 6.00. The molecule has 5 nitrogen and oxygen atoms in total. The molecule has 2 N–H and O–H groups in total. The molecule has 2 aromatic carbocycles. The molecule has 0 bridgehead atoms. The van der Waals surface area contributed by atoms with Crippen molar-refractivity contribution in [2.24, 2.45) is 5.10 Å². The zero-order chi connectivity index (χ0) is 19.8. The van der Waals surface area contributed by atoms with Crippen molar-refractivity contribution in [1.82, 2.24) is 10.7 Å². The summed E-state index contributed by atoms with van der Waals surface area (Å²) < 4.78 is 0. The maximum absolute atomic E-state index is 12.3. The molecule has 0 aromatic heterocycles. The van der Waals surface area contributed by atoms with Crippen molar-refractivity contribution in [3.8, 4) is 0 Å². The molecule has 0 atom stereocenters. The first-order valence-electron chi connectivity index (χ1n) is 10.2. The van der Waals surface area contributed by atoms with Crippen molar-refractivity contribution in [3.63, 3.8) is 0 Å². The number of carbonyl (C=O) groups is 2. The molecule has 0 unspecified atom stereocenters. The molecule has 1 aliphatic carbocycles. The Morgan fingerprint density at radius 3 is 2.46 bits per heavy atom. The molecule has 0 saturated heterocycles. The molecule has 28 heavy (non-hydrogen) atoms. The third-order valence-electron chi connectivity index (χ3n) is 5.24. The molecule has 0 spiro atoms. The Hall–Kier alpha value is -2.69. The minimum Gasteiger partial charge on any atom is -0.353 e. The first kappa shape index (κ1) is 20.1. The second kappa shape index (κ2) is 10.0. The van der Waals surface area contributed by atoms with E-state index in [-0.39, 0.29) is 30.7 Å². The minimum atomic E-state index is -0.181. The van der Waals surface area contributed by atoms with E-state index in [9.17, 15) is 9.59 Å². The van der Waals surface area contributed by atoms with Gasteiger partial charge in [0, 0.05) is 11.8 Å². The molecule has 0 radical (unpaired) electrons. The summed E-state index contributed by atoms with van der Waals surface area (Å²) >= 11 is 0. The lowest BCUT2D eigenvalue weighted by atomic mass is 10.0. The fourth-order valence-corrected chi connectivity index (χ4v) is 3.79. The smallest absolute Gasteiger partial charge is 0.244 e. The largest absolute Gasteiger partial charge is 0.353 e. The van der Waals surface area contributed by atoms with Gasteiger partial charge in [-0.05, 0) is 36.1 Å². The van der Waals surface area contributed by atoms with E-state index in [0.717, 1.165) is 29.2 Å². The van der Waals surface area contributed by atoms with Crippen molar-refractivity contribution < 1.29 is 9.59 Å². The lowest BCUT2D eigenvalue weighted by Crippen LogP contribution is -2.35. The van der Waals surface area contributed by atoms with E-state index in [2.05, 4.69) is 15.8 Å². The molecule has 2 aromatic rings. The van der Waals surface area contributed by atoms with Gasteiger partial charge in [0.25, 0.3) is 0 Å². The highest BCUT2D eigenvalue weighted by Gasteiger charge is 2.15. The van der Waals surface area contributed by atoms with Gasteiger partial charge in [-0.2, -0.15) is 5.10 Å². The topological polar surface area (TPSA) is 70.6 Å².